The third kappa shape index (κ3) is 2.46. The largest absolute Gasteiger partial charge is 0.310 e. The van der Waals surface area contributed by atoms with E-state index in [1.807, 2.05) is 0 Å². The molecule has 66 valence electrons. The lowest BCUT2D eigenvalue weighted by molar-refractivity contribution is 0.250. The molecule has 1 aliphatic heterocycles. The molecule has 0 amide bonds. The van der Waals surface area contributed by atoms with E-state index in [0.29, 0.717) is 11.6 Å². The van der Waals surface area contributed by atoms with Gasteiger partial charge < -0.3 is 10.2 Å². The lowest BCUT2D eigenvalue weighted by atomic mass is 9.96. The van der Waals surface area contributed by atoms with Gasteiger partial charge in [0.2, 0.25) is 0 Å². The van der Waals surface area contributed by atoms with Crippen molar-refractivity contribution in [1.29, 1.82) is 0 Å². The molecular formula is C9H20N2. The normalized spacial score (nSPS) is 33.3. The Kier molecular flexibility index (Phi) is 2.55. The Morgan fingerprint density at radius 2 is 2.09 bits per heavy atom. The molecule has 1 fully saturated rings. The Bertz CT molecular complexity index is 132. The van der Waals surface area contributed by atoms with Gasteiger partial charge in [-0.1, -0.05) is 0 Å². The molecule has 1 N–H and O–H groups in total. The van der Waals surface area contributed by atoms with Crippen molar-refractivity contribution in [2.24, 2.45) is 0 Å². The van der Waals surface area contributed by atoms with Crippen LogP contribution in [0.5, 0.6) is 0 Å². The fraction of sp³-hybridized carbons (Fsp3) is 1.00. The van der Waals surface area contributed by atoms with Gasteiger partial charge in [-0.15, -0.1) is 0 Å². The van der Waals surface area contributed by atoms with Crippen molar-refractivity contribution in [2.45, 2.75) is 38.8 Å². The summed E-state index contributed by atoms with van der Waals surface area (Å²) >= 11 is 0. The molecule has 0 aromatic heterocycles. The maximum absolute atomic E-state index is 3.54. The van der Waals surface area contributed by atoms with E-state index in [0.717, 1.165) is 6.54 Å². The SMILES string of the molecule is CC1CC(C)(C)NCCN1C. The standard InChI is InChI=1S/C9H20N2/c1-8-7-9(2,3)10-5-6-11(8)4/h8,10H,5-7H2,1-4H3. The maximum Gasteiger partial charge on any atom is 0.0140 e. The van der Waals surface area contributed by atoms with Crippen LogP contribution in [0, 0.1) is 0 Å². The fourth-order valence-electron chi connectivity index (χ4n) is 1.76. The Morgan fingerprint density at radius 3 is 2.73 bits per heavy atom. The van der Waals surface area contributed by atoms with Crippen LogP contribution >= 0.6 is 0 Å². The topological polar surface area (TPSA) is 15.3 Å². The Morgan fingerprint density at radius 1 is 1.45 bits per heavy atom. The Hall–Kier alpha value is -0.0800. The van der Waals surface area contributed by atoms with Crippen LogP contribution in [0.4, 0.5) is 0 Å². The summed E-state index contributed by atoms with van der Waals surface area (Å²) in [5.41, 5.74) is 0.324. The number of likely N-dealkylation sites (N-methyl/N-ethyl adjacent to an activating group) is 1. The van der Waals surface area contributed by atoms with Crippen LogP contribution in [0.2, 0.25) is 0 Å². The van der Waals surface area contributed by atoms with Crippen LogP contribution in [-0.4, -0.2) is 36.6 Å². The minimum Gasteiger partial charge on any atom is -0.310 e. The van der Waals surface area contributed by atoms with Gasteiger partial charge in [0, 0.05) is 24.7 Å². The number of nitrogens with one attached hydrogen (secondary N) is 1. The molecule has 11 heavy (non-hydrogen) atoms. The molecule has 0 aliphatic carbocycles. The van der Waals surface area contributed by atoms with E-state index in [9.17, 15) is 0 Å². The van der Waals surface area contributed by atoms with E-state index >= 15 is 0 Å². The first-order chi connectivity index (χ1) is 5.01. The van der Waals surface area contributed by atoms with Gasteiger partial charge in [-0.2, -0.15) is 0 Å². The molecule has 2 nitrogen and oxygen atoms in total. The van der Waals surface area contributed by atoms with E-state index in [4.69, 9.17) is 0 Å². The highest BCUT2D eigenvalue weighted by Crippen LogP contribution is 2.16. The summed E-state index contributed by atoms with van der Waals surface area (Å²) in [7, 11) is 2.20. The quantitative estimate of drug-likeness (QED) is 0.564. The highest BCUT2D eigenvalue weighted by molar-refractivity contribution is 4.86. The molecule has 1 saturated heterocycles. The van der Waals surface area contributed by atoms with Crippen LogP contribution in [0.25, 0.3) is 0 Å². The van der Waals surface area contributed by atoms with E-state index in [1.54, 1.807) is 0 Å². The molecule has 0 bridgehead atoms. The van der Waals surface area contributed by atoms with Gasteiger partial charge in [0.05, 0.1) is 0 Å². The molecule has 0 spiro atoms. The van der Waals surface area contributed by atoms with Gasteiger partial charge in [-0.3, -0.25) is 0 Å². The van der Waals surface area contributed by atoms with Gasteiger partial charge in [-0.25, -0.2) is 0 Å². The maximum atomic E-state index is 3.54. The molecule has 1 aliphatic rings. The van der Waals surface area contributed by atoms with Crippen molar-refractivity contribution in [3.8, 4) is 0 Å². The molecule has 0 saturated carbocycles. The molecule has 1 rings (SSSR count). The van der Waals surface area contributed by atoms with E-state index in [2.05, 4.69) is 38.0 Å². The monoisotopic (exact) mass is 156 g/mol. The average molecular weight is 156 g/mol. The third-order valence-corrected chi connectivity index (χ3v) is 2.63. The molecule has 1 unspecified atom stereocenters. The van der Waals surface area contributed by atoms with Crippen molar-refractivity contribution < 1.29 is 0 Å². The van der Waals surface area contributed by atoms with Crippen LogP contribution in [0.1, 0.15) is 27.2 Å². The van der Waals surface area contributed by atoms with E-state index < -0.39 is 0 Å². The van der Waals surface area contributed by atoms with Crippen molar-refractivity contribution in [1.82, 2.24) is 10.2 Å². The molecule has 0 aromatic carbocycles. The summed E-state index contributed by atoms with van der Waals surface area (Å²) in [6.07, 6.45) is 1.24. The number of nitrogens with zero attached hydrogens (tertiary/aromatic N) is 1. The van der Waals surface area contributed by atoms with Crippen molar-refractivity contribution in [3.63, 3.8) is 0 Å². The highest BCUT2D eigenvalue weighted by Gasteiger charge is 2.25. The van der Waals surface area contributed by atoms with E-state index in [-0.39, 0.29) is 0 Å². The van der Waals surface area contributed by atoms with Crippen LogP contribution in [0.3, 0.4) is 0 Å². The summed E-state index contributed by atoms with van der Waals surface area (Å²) in [5.74, 6) is 0. The second-order valence-corrected chi connectivity index (χ2v) is 4.34. The lowest BCUT2D eigenvalue weighted by Gasteiger charge is -2.27. The first kappa shape index (κ1) is 9.01. The molecule has 1 heterocycles. The van der Waals surface area contributed by atoms with Crippen LogP contribution in [0.15, 0.2) is 0 Å². The first-order valence-corrected chi connectivity index (χ1v) is 4.46. The minimum atomic E-state index is 0.324. The number of rotatable bonds is 0. The summed E-state index contributed by atoms with van der Waals surface area (Å²) in [6.45, 7) is 9.15. The number of hydrogen-bond donors (Lipinski definition) is 1. The van der Waals surface area contributed by atoms with Gasteiger partial charge >= 0.3 is 0 Å². The minimum absolute atomic E-state index is 0.324. The summed E-state index contributed by atoms with van der Waals surface area (Å²) in [4.78, 5) is 2.42. The Labute approximate surface area is 70.0 Å². The zero-order valence-corrected chi connectivity index (χ0v) is 8.15. The van der Waals surface area contributed by atoms with Crippen molar-refractivity contribution >= 4 is 0 Å². The van der Waals surface area contributed by atoms with Gasteiger partial charge in [0.15, 0.2) is 0 Å². The molecule has 2 heteroatoms. The molecular weight excluding hydrogens is 136 g/mol. The second-order valence-electron chi connectivity index (χ2n) is 4.34. The zero-order chi connectivity index (χ0) is 8.48. The molecule has 1 atom stereocenters. The highest BCUT2D eigenvalue weighted by atomic mass is 15.2. The van der Waals surface area contributed by atoms with Crippen LogP contribution in [-0.2, 0) is 0 Å². The lowest BCUT2D eigenvalue weighted by Crippen LogP contribution is -2.40. The average Bonchev–Trinajstić information content (AvgIpc) is 1.93. The predicted molar refractivity (Wildman–Crippen MR) is 48.8 cm³/mol. The van der Waals surface area contributed by atoms with Gasteiger partial charge in [0.1, 0.15) is 0 Å². The van der Waals surface area contributed by atoms with E-state index in [1.165, 1.54) is 13.0 Å². The summed E-state index contributed by atoms with van der Waals surface area (Å²) in [6, 6.07) is 0.708. The second kappa shape index (κ2) is 3.11. The smallest absolute Gasteiger partial charge is 0.0140 e. The predicted octanol–water partition coefficient (Wildman–Crippen LogP) is 1.08. The molecule has 0 radical (unpaired) electrons. The summed E-state index contributed by atoms with van der Waals surface area (Å²) < 4.78 is 0. The first-order valence-electron chi connectivity index (χ1n) is 4.46. The van der Waals surface area contributed by atoms with Crippen molar-refractivity contribution in [3.05, 3.63) is 0 Å². The van der Waals surface area contributed by atoms with Gasteiger partial charge in [-0.05, 0) is 34.2 Å². The number of hydrogen-bond acceptors (Lipinski definition) is 2. The fourth-order valence-corrected chi connectivity index (χ4v) is 1.76. The zero-order valence-electron chi connectivity index (χ0n) is 8.15. The van der Waals surface area contributed by atoms with Gasteiger partial charge in [0.25, 0.3) is 0 Å². The van der Waals surface area contributed by atoms with Crippen molar-refractivity contribution in [2.75, 3.05) is 20.1 Å². The third-order valence-electron chi connectivity index (χ3n) is 2.63. The van der Waals surface area contributed by atoms with Crippen LogP contribution < -0.4 is 5.32 Å². The Balaban J connectivity index is 2.55. The summed E-state index contributed by atoms with van der Waals surface area (Å²) in [5, 5.41) is 3.54. The molecule has 0 aromatic rings.